The van der Waals surface area contributed by atoms with Crippen molar-refractivity contribution < 1.29 is 0 Å². The molecule has 0 atom stereocenters. The maximum Gasteiger partial charge on any atom is 0.163 e. The molecule has 0 aliphatic rings. The molecule has 0 unspecified atom stereocenters. The van der Waals surface area contributed by atoms with Gasteiger partial charge in [-0.3, -0.25) is 0 Å². The molecular weight excluding hydrogens is 236 g/mol. The topological polar surface area (TPSA) is 75.6 Å². The number of aromatic nitrogens is 2. The van der Waals surface area contributed by atoms with E-state index in [4.69, 9.17) is 11.0 Å². The summed E-state index contributed by atoms with van der Waals surface area (Å²) in [6, 6.07) is 5.64. The van der Waals surface area contributed by atoms with Gasteiger partial charge in [0.15, 0.2) is 5.82 Å². The van der Waals surface area contributed by atoms with Crippen LogP contribution in [0.1, 0.15) is 27.9 Å². The Balaban J connectivity index is 2.79. The van der Waals surface area contributed by atoms with E-state index in [-0.39, 0.29) is 0 Å². The molecular formula is C15H16N4. The Morgan fingerprint density at radius 1 is 1.00 bits per heavy atom. The summed E-state index contributed by atoms with van der Waals surface area (Å²) in [5, 5.41) is 8.99. The lowest BCUT2D eigenvalue weighted by molar-refractivity contribution is 1.13. The Hall–Kier alpha value is -2.41. The highest BCUT2D eigenvalue weighted by atomic mass is 14.9. The van der Waals surface area contributed by atoms with Gasteiger partial charge in [0, 0.05) is 11.6 Å². The van der Waals surface area contributed by atoms with E-state index in [1.807, 2.05) is 19.9 Å². The summed E-state index contributed by atoms with van der Waals surface area (Å²) in [5.74, 6) is 0.845. The zero-order valence-electron chi connectivity index (χ0n) is 11.6. The number of aryl methyl sites for hydroxylation is 2. The number of benzene rings is 1. The fourth-order valence-electron chi connectivity index (χ4n) is 2.19. The first kappa shape index (κ1) is 13.0. The van der Waals surface area contributed by atoms with Crippen molar-refractivity contribution in [2.75, 3.05) is 5.73 Å². The molecule has 4 nitrogen and oxygen atoms in total. The van der Waals surface area contributed by atoms with Crippen LogP contribution in [0.25, 0.3) is 11.4 Å². The van der Waals surface area contributed by atoms with Crippen LogP contribution < -0.4 is 5.73 Å². The lowest BCUT2D eigenvalue weighted by Crippen LogP contribution is -2.02. The second-order valence-corrected chi connectivity index (χ2v) is 4.75. The van der Waals surface area contributed by atoms with Crippen molar-refractivity contribution in [1.82, 2.24) is 9.97 Å². The Morgan fingerprint density at radius 3 is 2.11 bits per heavy atom. The number of nitrogen functional groups attached to an aromatic ring is 1. The largest absolute Gasteiger partial charge is 0.384 e. The number of rotatable bonds is 1. The van der Waals surface area contributed by atoms with Gasteiger partial charge in [-0.2, -0.15) is 5.26 Å². The minimum atomic E-state index is 0.292. The van der Waals surface area contributed by atoms with Crippen LogP contribution in [0.3, 0.4) is 0 Å². The molecule has 1 aromatic heterocycles. The highest BCUT2D eigenvalue weighted by molar-refractivity contribution is 5.69. The fraction of sp³-hybridized carbons (Fsp3) is 0.267. The van der Waals surface area contributed by atoms with E-state index in [1.54, 1.807) is 0 Å². The summed E-state index contributed by atoms with van der Waals surface area (Å²) >= 11 is 0. The van der Waals surface area contributed by atoms with Crippen molar-refractivity contribution >= 4 is 5.82 Å². The monoisotopic (exact) mass is 252 g/mol. The Kier molecular flexibility index (Phi) is 3.22. The van der Waals surface area contributed by atoms with Crippen LogP contribution in [-0.4, -0.2) is 9.97 Å². The summed E-state index contributed by atoms with van der Waals surface area (Å²) < 4.78 is 0. The first-order chi connectivity index (χ1) is 8.93. The second-order valence-electron chi connectivity index (χ2n) is 4.75. The number of nitrogens with zero attached hydrogens (tertiary/aromatic N) is 3. The van der Waals surface area contributed by atoms with Crippen molar-refractivity contribution in [2.24, 2.45) is 0 Å². The maximum atomic E-state index is 8.99. The molecule has 0 saturated heterocycles. The van der Waals surface area contributed by atoms with E-state index in [0.29, 0.717) is 17.3 Å². The summed E-state index contributed by atoms with van der Waals surface area (Å²) in [7, 11) is 0. The van der Waals surface area contributed by atoms with Gasteiger partial charge >= 0.3 is 0 Å². The molecule has 0 radical (unpaired) electrons. The summed E-state index contributed by atoms with van der Waals surface area (Å²) in [5.41, 5.74) is 11.6. The van der Waals surface area contributed by atoms with Gasteiger partial charge < -0.3 is 5.73 Å². The van der Waals surface area contributed by atoms with Crippen LogP contribution in [-0.2, 0) is 0 Å². The molecule has 2 N–H and O–H groups in total. The van der Waals surface area contributed by atoms with E-state index >= 15 is 0 Å². The number of nitrogens with two attached hydrogens (primary N) is 1. The van der Waals surface area contributed by atoms with Crippen molar-refractivity contribution in [1.29, 1.82) is 5.26 Å². The second kappa shape index (κ2) is 4.69. The van der Waals surface area contributed by atoms with E-state index in [0.717, 1.165) is 16.7 Å². The SMILES string of the molecule is Cc1cc(C)c(C)c(-c2nc(N)cc(C#N)n2)c1C. The van der Waals surface area contributed by atoms with Gasteiger partial charge in [0.05, 0.1) is 0 Å². The van der Waals surface area contributed by atoms with Crippen molar-refractivity contribution in [3.8, 4) is 17.5 Å². The molecule has 2 aromatic rings. The molecule has 4 heteroatoms. The summed E-state index contributed by atoms with van der Waals surface area (Å²) in [6.07, 6.45) is 0. The number of hydrogen-bond donors (Lipinski definition) is 1. The standard InChI is InChI=1S/C15H16N4/c1-8-5-9(2)11(4)14(10(8)3)15-18-12(7-16)6-13(17)19-15/h5-6H,1-4H3,(H2,17,18,19). The molecule has 1 aromatic carbocycles. The lowest BCUT2D eigenvalue weighted by atomic mass is 9.93. The lowest BCUT2D eigenvalue weighted by Gasteiger charge is -2.14. The molecule has 2 rings (SSSR count). The van der Waals surface area contributed by atoms with Crippen molar-refractivity contribution in [3.05, 3.63) is 40.1 Å². The van der Waals surface area contributed by atoms with E-state index in [2.05, 4.69) is 29.9 Å². The Bertz CT molecular complexity index is 670. The number of anilines is 1. The van der Waals surface area contributed by atoms with Gasteiger partial charge in [-0.05, 0) is 49.9 Å². The maximum absolute atomic E-state index is 8.99. The van der Waals surface area contributed by atoms with E-state index in [1.165, 1.54) is 17.2 Å². The Labute approximate surface area is 112 Å². The number of hydrogen-bond acceptors (Lipinski definition) is 4. The average Bonchev–Trinajstić information content (AvgIpc) is 2.36. The van der Waals surface area contributed by atoms with Crippen LogP contribution in [0.15, 0.2) is 12.1 Å². The molecule has 96 valence electrons. The third-order valence-electron chi connectivity index (χ3n) is 3.45. The molecule has 0 aliphatic carbocycles. The first-order valence-corrected chi connectivity index (χ1v) is 6.06. The summed E-state index contributed by atoms with van der Waals surface area (Å²) in [4.78, 5) is 8.55. The molecule has 0 amide bonds. The molecule has 0 fully saturated rings. The van der Waals surface area contributed by atoms with Gasteiger partial charge in [-0.1, -0.05) is 6.07 Å². The first-order valence-electron chi connectivity index (χ1n) is 6.06. The van der Waals surface area contributed by atoms with Crippen LogP contribution in [0, 0.1) is 39.0 Å². The Morgan fingerprint density at radius 2 is 1.58 bits per heavy atom. The van der Waals surface area contributed by atoms with E-state index < -0.39 is 0 Å². The zero-order valence-corrected chi connectivity index (χ0v) is 11.6. The molecule has 1 heterocycles. The number of nitriles is 1. The van der Waals surface area contributed by atoms with Gasteiger partial charge in [-0.15, -0.1) is 0 Å². The molecule has 0 spiro atoms. The predicted octanol–water partition coefficient (Wildman–Crippen LogP) is 2.83. The highest BCUT2D eigenvalue weighted by Gasteiger charge is 2.14. The minimum absolute atomic E-state index is 0.292. The molecule has 0 aliphatic heterocycles. The quantitative estimate of drug-likeness (QED) is 0.846. The third kappa shape index (κ3) is 2.27. The van der Waals surface area contributed by atoms with E-state index in [9.17, 15) is 0 Å². The van der Waals surface area contributed by atoms with Crippen LogP contribution in [0.2, 0.25) is 0 Å². The predicted molar refractivity (Wildman–Crippen MR) is 75.5 cm³/mol. The van der Waals surface area contributed by atoms with Crippen LogP contribution >= 0.6 is 0 Å². The van der Waals surface area contributed by atoms with Gasteiger partial charge in [-0.25, -0.2) is 9.97 Å². The summed E-state index contributed by atoms with van der Waals surface area (Å²) in [6.45, 7) is 8.19. The minimum Gasteiger partial charge on any atom is -0.384 e. The van der Waals surface area contributed by atoms with Crippen LogP contribution in [0.5, 0.6) is 0 Å². The fourth-order valence-corrected chi connectivity index (χ4v) is 2.19. The van der Waals surface area contributed by atoms with Gasteiger partial charge in [0.1, 0.15) is 17.6 Å². The highest BCUT2D eigenvalue weighted by Crippen LogP contribution is 2.29. The van der Waals surface area contributed by atoms with Gasteiger partial charge in [0.2, 0.25) is 0 Å². The third-order valence-corrected chi connectivity index (χ3v) is 3.45. The molecule has 19 heavy (non-hydrogen) atoms. The molecule has 0 saturated carbocycles. The molecule has 0 bridgehead atoms. The normalized spacial score (nSPS) is 10.3. The van der Waals surface area contributed by atoms with Crippen molar-refractivity contribution in [2.45, 2.75) is 27.7 Å². The average molecular weight is 252 g/mol. The van der Waals surface area contributed by atoms with Crippen LogP contribution in [0.4, 0.5) is 5.82 Å². The zero-order chi connectivity index (χ0) is 14.2. The smallest absolute Gasteiger partial charge is 0.163 e. The van der Waals surface area contributed by atoms with Crippen molar-refractivity contribution in [3.63, 3.8) is 0 Å². The van der Waals surface area contributed by atoms with Gasteiger partial charge in [0.25, 0.3) is 0 Å².